The summed E-state index contributed by atoms with van der Waals surface area (Å²) in [6.45, 7) is 2.38. The van der Waals surface area contributed by atoms with E-state index in [9.17, 15) is 9.59 Å². The van der Waals surface area contributed by atoms with Crippen molar-refractivity contribution in [2.24, 2.45) is 0 Å². The minimum absolute atomic E-state index is 0.0169. The van der Waals surface area contributed by atoms with Crippen LogP contribution in [0.5, 0.6) is 0 Å². The van der Waals surface area contributed by atoms with Crippen LogP contribution >= 0.6 is 0 Å². The Morgan fingerprint density at radius 3 is 2.68 bits per heavy atom. The second-order valence-electron chi connectivity index (χ2n) is 6.63. The number of carbonyl (C=O) groups is 1. The fraction of sp³-hybridized carbons (Fsp3) is 0.250. The maximum Gasteiger partial charge on any atom is 0.302 e. The van der Waals surface area contributed by atoms with Crippen LogP contribution in [0.3, 0.4) is 0 Å². The Bertz CT molecular complexity index is 1070. The third kappa shape index (κ3) is 5.34. The van der Waals surface area contributed by atoms with Gasteiger partial charge >= 0.3 is 5.97 Å². The van der Waals surface area contributed by atoms with Gasteiger partial charge in [-0.1, -0.05) is 48.2 Å². The van der Waals surface area contributed by atoms with Gasteiger partial charge in [0.25, 0.3) is 5.56 Å². The van der Waals surface area contributed by atoms with Crippen molar-refractivity contribution in [3.05, 3.63) is 82.3 Å². The molecule has 0 saturated carbocycles. The first-order valence-corrected chi connectivity index (χ1v) is 9.43. The molecular weight excluding hydrogens is 350 g/mol. The Balaban J connectivity index is 1.71. The molecule has 142 valence electrons. The van der Waals surface area contributed by atoms with Gasteiger partial charge in [-0.3, -0.25) is 9.59 Å². The van der Waals surface area contributed by atoms with Crippen molar-refractivity contribution in [1.29, 1.82) is 0 Å². The highest BCUT2D eigenvalue weighted by atomic mass is 16.5. The van der Waals surface area contributed by atoms with E-state index in [1.54, 1.807) is 4.57 Å². The Hall–Kier alpha value is -3.32. The molecule has 28 heavy (non-hydrogen) atoms. The van der Waals surface area contributed by atoms with Crippen molar-refractivity contribution in [3.63, 3.8) is 0 Å². The largest absolute Gasteiger partial charge is 0.466 e. The van der Waals surface area contributed by atoms with Crippen molar-refractivity contribution < 1.29 is 9.53 Å². The first-order chi connectivity index (χ1) is 13.6. The molecule has 0 aliphatic rings. The molecule has 3 aromatic rings. The monoisotopic (exact) mass is 373 g/mol. The highest BCUT2D eigenvalue weighted by molar-refractivity contribution is 5.82. The third-order valence-corrected chi connectivity index (χ3v) is 4.45. The second-order valence-corrected chi connectivity index (χ2v) is 6.63. The first-order valence-electron chi connectivity index (χ1n) is 9.43. The number of benzene rings is 2. The van der Waals surface area contributed by atoms with E-state index < -0.39 is 0 Å². The Labute approximate surface area is 164 Å². The maximum absolute atomic E-state index is 12.8. The molecule has 0 saturated heterocycles. The number of unbranched alkanes of at least 4 members (excludes halogenated alkanes) is 1. The molecule has 1 heterocycles. The molecular formula is C24H23NO3. The van der Waals surface area contributed by atoms with E-state index in [1.165, 1.54) is 12.5 Å². The summed E-state index contributed by atoms with van der Waals surface area (Å²) in [5.41, 5.74) is 2.00. The van der Waals surface area contributed by atoms with Gasteiger partial charge in [0.2, 0.25) is 0 Å². The fourth-order valence-electron chi connectivity index (χ4n) is 2.98. The summed E-state index contributed by atoms with van der Waals surface area (Å²) in [7, 11) is 0. The third-order valence-electron chi connectivity index (χ3n) is 4.45. The normalized spacial score (nSPS) is 10.3. The van der Waals surface area contributed by atoms with Crippen LogP contribution in [-0.2, 0) is 22.5 Å². The molecule has 0 N–H and O–H groups in total. The highest BCUT2D eigenvalue weighted by Gasteiger charge is 2.04. The number of fused-ring (bicyclic) bond motifs is 1. The number of pyridine rings is 1. The van der Waals surface area contributed by atoms with E-state index in [4.69, 9.17) is 4.74 Å². The molecule has 3 rings (SSSR count). The van der Waals surface area contributed by atoms with Gasteiger partial charge in [0, 0.05) is 37.0 Å². The quantitative estimate of drug-likeness (QED) is 0.374. The predicted molar refractivity (Wildman–Crippen MR) is 111 cm³/mol. The molecule has 0 aliphatic heterocycles. The van der Waals surface area contributed by atoms with Gasteiger partial charge in [0.05, 0.1) is 6.61 Å². The van der Waals surface area contributed by atoms with Gasteiger partial charge in [-0.15, -0.1) is 0 Å². The van der Waals surface area contributed by atoms with Gasteiger partial charge in [-0.2, -0.15) is 0 Å². The van der Waals surface area contributed by atoms with Crippen LogP contribution in [0.15, 0.2) is 65.6 Å². The van der Waals surface area contributed by atoms with Crippen LogP contribution in [0, 0.1) is 11.8 Å². The average molecular weight is 373 g/mol. The Kier molecular flexibility index (Phi) is 6.64. The minimum atomic E-state index is -0.274. The molecule has 0 radical (unpaired) electrons. The fourth-order valence-corrected chi connectivity index (χ4v) is 2.98. The van der Waals surface area contributed by atoms with E-state index in [2.05, 4.69) is 24.0 Å². The number of rotatable bonds is 6. The number of carbonyl (C=O) groups excluding carboxylic acids is 1. The lowest BCUT2D eigenvalue weighted by atomic mass is 10.1. The Morgan fingerprint density at radius 1 is 1.07 bits per heavy atom. The number of nitrogens with zero attached hydrogens (tertiary/aromatic N) is 1. The van der Waals surface area contributed by atoms with Crippen LogP contribution in [0.25, 0.3) is 10.8 Å². The van der Waals surface area contributed by atoms with Gasteiger partial charge < -0.3 is 9.30 Å². The van der Waals surface area contributed by atoms with Gasteiger partial charge in [-0.05, 0) is 42.0 Å². The summed E-state index contributed by atoms with van der Waals surface area (Å²) in [4.78, 5) is 23.6. The van der Waals surface area contributed by atoms with E-state index in [0.29, 0.717) is 25.0 Å². The lowest BCUT2D eigenvalue weighted by molar-refractivity contribution is -0.141. The van der Waals surface area contributed by atoms with Crippen molar-refractivity contribution >= 4 is 16.7 Å². The summed E-state index contributed by atoms with van der Waals surface area (Å²) in [6.07, 6.45) is 4.00. The first kappa shape index (κ1) is 19.4. The zero-order chi connectivity index (χ0) is 19.8. The maximum atomic E-state index is 12.8. The van der Waals surface area contributed by atoms with Crippen LogP contribution in [0.1, 0.15) is 30.9 Å². The highest BCUT2D eigenvalue weighted by Crippen LogP contribution is 2.12. The van der Waals surface area contributed by atoms with Gasteiger partial charge in [0.1, 0.15) is 0 Å². The molecule has 4 nitrogen and oxygen atoms in total. The minimum Gasteiger partial charge on any atom is -0.466 e. The smallest absolute Gasteiger partial charge is 0.302 e. The summed E-state index contributed by atoms with van der Waals surface area (Å²) in [6, 6.07) is 17.8. The number of hydrogen-bond donors (Lipinski definition) is 0. The van der Waals surface area contributed by atoms with E-state index in [0.717, 1.165) is 23.8 Å². The van der Waals surface area contributed by atoms with E-state index in [-0.39, 0.29) is 11.5 Å². The number of hydrogen-bond acceptors (Lipinski definition) is 3. The summed E-state index contributed by atoms with van der Waals surface area (Å²) in [5, 5.41) is 1.59. The lowest BCUT2D eigenvalue weighted by Gasteiger charge is -2.08. The van der Waals surface area contributed by atoms with Crippen molar-refractivity contribution in [1.82, 2.24) is 4.57 Å². The SMILES string of the molecule is CC(=O)OCCCCn1ccc2ccc(C#CCc3ccccc3)cc2c1=O. The molecule has 0 bridgehead atoms. The number of aromatic nitrogens is 1. The molecule has 2 aromatic carbocycles. The number of ether oxygens (including phenoxy) is 1. The summed E-state index contributed by atoms with van der Waals surface area (Å²) in [5.74, 6) is 6.06. The summed E-state index contributed by atoms with van der Waals surface area (Å²) >= 11 is 0. The molecule has 0 spiro atoms. The van der Waals surface area contributed by atoms with Crippen LogP contribution in [-0.4, -0.2) is 17.1 Å². The van der Waals surface area contributed by atoms with Crippen LogP contribution < -0.4 is 5.56 Å². The van der Waals surface area contributed by atoms with Gasteiger partial charge in [-0.25, -0.2) is 0 Å². The molecule has 0 aliphatic carbocycles. The van der Waals surface area contributed by atoms with Gasteiger partial charge in [0.15, 0.2) is 0 Å². The lowest BCUT2D eigenvalue weighted by Crippen LogP contribution is -2.19. The van der Waals surface area contributed by atoms with Crippen molar-refractivity contribution in [2.45, 2.75) is 32.7 Å². The van der Waals surface area contributed by atoms with Crippen LogP contribution in [0.2, 0.25) is 0 Å². The molecule has 0 unspecified atom stereocenters. The van der Waals surface area contributed by atoms with E-state index >= 15 is 0 Å². The molecule has 1 aromatic heterocycles. The number of aryl methyl sites for hydroxylation is 1. The topological polar surface area (TPSA) is 48.3 Å². The molecule has 0 atom stereocenters. The molecule has 0 amide bonds. The second kappa shape index (κ2) is 9.57. The molecule has 4 heteroatoms. The predicted octanol–water partition coefficient (Wildman–Crippen LogP) is 3.94. The standard InChI is InChI=1S/C24H23NO3/c1-19(26)28-17-6-5-15-25-16-14-22-13-12-21(18-23(22)24(25)27)11-7-10-20-8-3-2-4-9-20/h2-4,8-9,12-14,16,18H,5-6,10,15,17H2,1H3. The Morgan fingerprint density at radius 2 is 1.89 bits per heavy atom. The zero-order valence-corrected chi connectivity index (χ0v) is 16.0. The van der Waals surface area contributed by atoms with E-state index in [1.807, 2.05) is 48.7 Å². The van der Waals surface area contributed by atoms with Crippen molar-refractivity contribution in [2.75, 3.05) is 6.61 Å². The van der Waals surface area contributed by atoms with Crippen molar-refractivity contribution in [3.8, 4) is 11.8 Å². The molecule has 0 fully saturated rings. The number of esters is 1. The summed E-state index contributed by atoms with van der Waals surface area (Å²) < 4.78 is 6.63. The average Bonchev–Trinajstić information content (AvgIpc) is 2.70. The zero-order valence-electron chi connectivity index (χ0n) is 16.0. The van der Waals surface area contributed by atoms with Crippen LogP contribution in [0.4, 0.5) is 0 Å².